The Bertz CT molecular complexity index is 1400. The molecular weight excluding hydrogens is 964 g/mol. The fraction of sp³-hybridized carbons (Fsp3) is 0.879. The molecule has 0 saturated carbocycles. The molecule has 0 aliphatic heterocycles. The number of quaternary nitrogens is 1. The molecule has 0 aromatic heterocycles. The maximum absolute atomic E-state index is 13.5. The number of rotatable bonds is 60. The summed E-state index contributed by atoms with van der Waals surface area (Å²) in [6, 6.07) is -0.888. The van der Waals surface area contributed by atoms with Gasteiger partial charge in [0.2, 0.25) is 5.91 Å². The Morgan fingerprint density at radius 1 is 0.447 bits per heavy atom. The van der Waals surface area contributed by atoms with Crippen LogP contribution in [-0.4, -0.2) is 69.4 Å². The SMILES string of the molecule is CCCCCCCC/C=C/CCCCCCCCCCCCCC(=O)OC(/C=C/CCCCCCCCCCCC)C(COP(=O)([O-])OCC[N+](C)(C)C)NC(=O)CCCCCCCCC/C=C/CCCCCCCC. The van der Waals surface area contributed by atoms with Crippen LogP contribution < -0.4 is 10.2 Å². The number of nitrogens with one attached hydrogen (secondary N) is 1. The highest BCUT2D eigenvalue weighted by atomic mass is 31.2. The molecule has 1 N–H and O–H groups in total. The van der Waals surface area contributed by atoms with Crippen LogP contribution in [0.4, 0.5) is 0 Å². The zero-order valence-electron chi connectivity index (χ0n) is 51.2. The van der Waals surface area contributed by atoms with Gasteiger partial charge in [-0.3, -0.25) is 14.2 Å². The maximum atomic E-state index is 13.5. The van der Waals surface area contributed by atoms with Crippen molar-refractivity contribution in [2.24, 2.45) is 0 Å². The zero-order chi connectivity index (χ0) is 55.7. The summed E-state index contributed by atoms with van der Waals surface area (Å²) >= 11 is 0. The molecule has 448 valence electrons. The van der Waals surface area contributed by atoms with Gasteiger partial charge in [-0.1, -0.05) is 263 Å². The molecule has 0 aliphatic rings. The smallest absolute Gasteiger partial charge is 0.306 e. The van der Waals surface area contributed by atoms with E-state index in [-0.39, 0.29) is 31.5 Å². The molecule has 76 heavy (non-hydrogen) atoms. The van der Waals surface area contributed by atoms with E-state index in [1.54, 1.807) is 0 Å². The number of likely N-dealkylation sites (N-methyl/N-ethyl adjacent to an activating group) is 1. The molecule has 0 fully saturated rings. The predicted molar refractivity (Wildman–Crippen MR) is 326 cm³/mol. The summed E-state index contributed by atoms with van der Waals surface area (Å²) < 4.78 is 30.4. The first-order chi connectivity index (χ1) is 36.9. The van der Waals surface area contributed by atoms with Crippen molar-refractivity contribution in [3.8, 4) is 0 Å². The second kappa shape index (κ2) is 56.5. The lowest BCUT2D eigenvalue weighted by atomic mass is 10.0. The molecule has 0 radical (unpaired) electrons. The van der Waals surface area contributed by atoms with E-state index in [9.17, 15) is 19.0 Å². The molecule has 0 saturated heterocycles. The molecule has 0 aromatic carbocycles. The number of esters is 1. The van der Waals surface area contributed by atoms with Gasteiger partial charge in [0.05, 0.1) is 33.8 Å². The number of amides is 1. The summed E-state index contributed by atoms with van der Waals surface area (Å²) in [7, 11) is 1.19. The molecule has 9 nitrogen and oxygen atoms in total. The van der Waals surface area contributed by atoms with Crippen LogP contribution >= 0.6 is 7.82 Å². The minimum Gasteiger partial charge on any atom is -0.756 e. The van der Waals surface area contributed by atoms with Crippen LogP contribution in [0.1, 0.15) is 323 Å². The molecule has 0 rings (SSSR count). The number of ether oxygens (including phenoxy) is 1. The van der Waals surface area contributed by atoms with Crippen molar-refractivity contribution in [1.29, 1.82) is 0 Å². The number of hydrogen-bond acceptors (Lipinski definition) is 7. The molecule has 0 aliphatic carbocycles. The van der Waals surface area contributed by atoms with E-state index in [2.05, 4.69) is 50.4 Å². The van der Waals surface area contributed by atoms with Crippen LogP contribution in [0.25, 0.3) is 0 Å². The largest absolute Gasteiger partial charge is 0.756 e. The van der Waals surface area contributed by atoms with Crippen LogP contribution in [-0.2, 0) is 27.9 Å². The van der Waals surface area contributed by atoms with Crippen LogP contribution in [0.15, 0.2) is 36.5 Å². The van der Waals surface area contributed by atoms with Gasteiger partial charge < -0.3 is 28.5 Å². The van der Waals surface area contributed by atoms with Gasteiger partial charge in [0.25, 0.3) is 7.82 Å². The van der Waals surface area contributed by atoms with Crippen LogP contribution in [0.3, 0.4) is 0 Å². The van der Waals surface area contributed by atoms with Gasteiger partial charge in [-0.15, -0.1) is 0 Å². The Hall–Kier alpha value is -1.77. The Kier molecular flexibility index (Phi) is 55.2. The first-order valence-electron chi connectivity index (χ1n) is 32.8. The van der Waals surface area contributed by atoms with Gasteiger partial charge in [-0.05, 0) is 83.1 Å². The molecule has 1 amide bonds. The number of hydrogen-bond donors (Lipinski definition) is 1. The quantitative estimate of drug-likeness (QED) is 0.0212. The van der Waals surface area contributed by atoms with Gasteiger partial charge in [-0.2, -0.15) is 0 Å². The summed E-state index contributed by atoms with van der Waals surface area (Å²) in [4.78, 5) is 40.0. The molecule has 0 heterocycles. The molecule has 0 bridgehead atoms. The van der Waals surface area contributed by atoms with Crippen molar-refractivity contribution in [3.05, 3.63) is 36.5 Å². The van der Waals surface area contributed by atoms with E-state index in [1.807, 2.05) is 33.3 Å². The predicted octanol–water partition coefficient (Wildman–Crippen LogP) is 19.7. The Morgan fingerprint density at radius 2 is 0.763 bits per heavy atom. The topological polar surface area (TPSA) is 114 Å². The molecule has 3 unspecified atom stereocenters. The van der Waals surface area contributed by atoms with Crippen molar-refractivity contribution in [3.63, 3.8) is 0 Å². The third-order valence-electron chi connectivity index (χ3n) is 14.8. The molecule has 0 aromatic rings. The maximum Gasteiger partial charge on any atom is 0.306 e. The number of phosphoric acid groups is 1. The summed E-state index contributed by atoms with van der Waals surface area (Å²) in [6.07, 6.45) is 68.2. The lowest BCUT2D eigenvalue weighted by Crippen LogP contribution is -2.47. The summed E-state index contributed by atoms with van der Waals surface area (Å²) in [5.74, 6) is -0.534. The number of carbonyl (C=O) groups is 2. The van der Waals surface area contributed by atoms with Crippen LogP contribution in [0.2, 0.25) is 0 Å². The van der Waals surface area contributed by atoms with Crippen molar-refractivity contribution in [2.75, 3.05) is 40.9 Å². The Morgan fingerprint density at radius 3 is 1.12 bits per heavy atom. The monoisotopic (exact) mass is 1090 g/mol. The third kappa shape index (κ3) is 56.9. The van der Waals surface area contributed by atoms with Crippen LogP contribution in [0.5, 0.6) is 0 Å². The van der Waals surface area contributed by atoms with E-state index < -0.39 is 20.0 Å². The van der Waals surface area contributed by atoms with Gasteiger partial charge in [0.1, 0.15) is 19.3 Å². The fourth-order valence-electron chi connectivity index (χ4n) is 9.69. The lowest BCUT2D eigenvalue weighted by molar-refractivity contribution is -0.870. The summed E-state index contributed by atoms with van der Waals surface area (Å²) in [5, 5.41) is 3.04. The standard InChI is InChI=1S/C66H127N2O7P/c1-7-10-13-16-19-22-25-28-30-32-33-34-35-37-39-41-44-47-50-53-56-59-66(70)75-64(57-54-51-48-45-42-27-24-21-18-15-12-9-3)63(62-74-76(71,72)73-61-60-68(4,5)6)67-65(69)58-55-52-49-46-43-40-38-36-31-29-26-23-20-17-14-11-8-2/h28-31,54,57,63-64H,7-27,32-53,55-56,58-62H2,1-6H3,(H-,67,69,71,72)/b30-28+,31-29+,57-54+. The minimum absolute atomic E-state index is 0.0213. The van der Waals surface area contributed by atoms with Gasteiger partial charge in [0.15, 0.2) is 0 Å². The lowest BCUT2D eigenvalue weighted by Gasteiger charge is -2.30. The normalized spacial score (nSPS) is 13.8. The van der Waals surface area contributed by atoms with Crippen molar-refractivity contribution < 1.29 is 37.3 Å². The highest BCUT2D eigenvalue weighted by Crippen LogP contribution is 2.38. The van der Waals surface area contributed by atoms with Gasteiger partial charge in [-0.25, -0.2) is 0 Å². The van der Waals surface area contributed by atoms with Crippen molar-refractivity contribution in [2.45, 2.75) is 335 Å². The molecule has 0 spiro atoms. The number of nitrogens with zero attached hydrogens (tertiary/aromatic N) is 1. The van der Waals surface area contributed by atoms with Gasteiger partial charge in [0, 0.05) is 12.8 Å². The summed E-state index contributed by atoms with van der Waals surface area (Å²) in [6.45, 7) is 6.87. The van der Waals surface area contributed by atoms with Gasteiger partial charge >= 0.3 is 5.97 Å². The average molecular weight is 1090 g/mol. The molecular formula is C66H127N2O7P. The second-order valence-electron chi connectivity index (χ2n) is 23.6. The summed E-state index contributed by atoms with van der Waals surface area (Å²) in [5.41, 5.74) is 0. The van der Waals surface area contributed by atoms with Crippen molar-refractivity contribution >= 4 is 19.7 Å². The van der Waals surface area contributed by atoms with Crippen molar-refractivity contribution in [1.82, 2.24) is 5.32 Å². The Labute approximate surface area is 472 Å². The van der Waals surface area contributed by atoms with E-state index >= 15 is 0 Å². The first-order valence-corrected chi connectivity index (χ1v) is 34.3. The van der Waals surface area contributed by atoms with Crippen LogP contribution in [0, 0.1) is 0 Å². The number of unbranched alkanes of at least 4 members (excludes halogenated alkanes) is 40. The highest BCUT2D eigenvalue weighted by Gasteiger charge is 2.27. The number of phosphoric ester groups is 1. The second-order valence-corrected chi connectivity index (χ2v) is 25.0. The minimum atomic E-state index is -4.70. The van der Waals surface area contributed by atoms with E-state index in [0.29, 0.717) is 17.4 Å². The molecule has 10 heteroatoms. The molecule has 3 atom stereocenters. The third-order valence-corrected chi connectivity index (χ3v) is 15.8. The Balaban J connectivity index is 5.17. The van der Waals surface area contributed by atoms with E-state index in [0.717, 1.165) is 70.6 Å². The zero-order valence-corrected chi connectivity index (χ0v) is 52.1. The van der Waals surface area contributed by atoms with E-state index in [4.69, 9.17) is 13.8 Å². The fourth-order valence-corrected chi connectivity index (χ4v) is 10.4. The number of allylic oxidation sites excluding steroid dienone is 5. The first kappa shape index (κ1) is 74.2. The average Bonchev–Trinajstić information content (AvgIpc) is 3.38. The number of carbonyl (C=O) groups excluding carboxylic acids is 2. The van der Waals surface area contributed by atoms with E-state index in [1.165, 1.54) is 218 Å². The highest BCUT2D eigenvalue weighted by molar-refractivity contribution is 7.45.